The lowest BCUT2D eigenvalue weighted by Gasteiger charge is -2.17. The second kappa shape index (κ2) is 3.45. The Kier molecular flexibility index (Phi) is 3.47. The lowest BCUT2D eigenvalue weighted by atomic mass is 10.0. The van der Waals surface area contributed by atoms with E-state index in [2.05, 4.69) is 0 Å². The van der Waals surface area contributed by atoms with E-state index in [1.54, 1.807) is 6.66 Å². The molecule has 0 radical (unpaired) electrons. The molecule has 1 unspecified atom stereocenters. The number of aliphatic hydroxyl groups is 1. The second-order valence-electron chi connectivity index (χ2n) is 3.08. The Morgan fingerprint density at radius 2 is 2.00 bits per heavy atom. The van der Waals surface area contributed by atoms with E-state index >= 15 is 0 Å². The van der Waals surface area contributed by atoms with E-state index < -0.39 is 19.1 Å². The van der Waals surface area contributed by atoms with Crippen molar-refractivity contribution in [3.05, 3.63) is 0 Å². The number of aliphatic hydroxyl groups excluding tert-OH is 1. The van der Waals surface area contributed by atoms with Gasteiger partial charge in [-0.15, -0.1) is 0 Å². The minimum Gasteiger partial charge on any atom is -0.388 e. The standard InChI is InChI=1S/C7H16O2P/c1-5-6(8)7(2,3)10(4)9/h6,8H,5H2,1-4H3/q+1/t6-/m0/s1. The molecule has 0 heterocycles. The third kappa shape index (κ3) is 2.03. The molecule has 0 saturated heterocycles. The molecule has 3 heteroatoms. The summed E-state index contributed by atoms with van der Waals surface area (Å²) in [7, 11) is -1.29. The van der Waals surface area contributed by atoms with Crippen molar-refractivity contribution in [2.24, 2.45) is 0 Å². The highest BCUT2D eigenvalue weighted by molar-refractivity contribution is 7.45. The van der Waals surface area contributed by atoms with Crippen LogP contribution in [-0.4, -0.2) is 23.0 Å². The summed E-state index contributed by atoms with van der Waals surface area (Å²) < 4.78 is 11.1. The van der Waals surface area contributed by atoms with Crippen molar-refractivity contribution in [3.63, 3.8) is 0 Å². The van der Waals surface area contributed by atoms with Gasteiger partial charge in [0.25, 0.3) is 0 Å². The maximum atomic E-state index is 11.1. The minimum absolute atomic E-state index is 0.427. The Hall–Kier alpha value is 0.0600. The van der Waals surface area contributed by atoms with Crippen LogP contribution in [0.25, 0.3) is 0 Å². The van der Waals surface area contributed by atoms with Crippen LogP contribution in [0.5, 0.6) is 0 Å². The third-order valence-electron chi connectivity index (χ3n) is 2.01. The Balaban J connectivity index is 4.23. The van der Waals surface area contributed by atoms with Gasteiger partial charge in [0.2, 0.25) is 0 Å². The lowest BCUT2D eigenvalue weighted by Crippen LogP contribution is -2.31. The van der Waals surface area contributed by atoms with Gasteiger partial charge >= 0.3 is 7.80 Å². The molecule has 0 aliphatic carbocycles. The third-order valence-corrected chi connectivity index (χ3v) is 3.93. The molecule has 0 fully saturated rings. The van der Waals surface area contributed by atoms with Crippen LogP contribution in [0, 0.1) is 0 Å². The normalized spacial score (nSPS) is 16.7. The van der Waals surface area contributed by atoms with Gasteiger partial charge in [0.1, 0.15) is 12.8 Å². The van der Waals surface area contributed by atoms with Gasteiger partial charge in [-0.3, -0.25) is 0 Å². The lowest BCUT2D eigenvalue weighted by molar-refractivity contribution is 0.134. The number of hydrogen-bond acceptors (Lipinski definition) is 2. The molecule has 0 aliphatic rings. The first-order valence-corrected chi connectivity index (χ1v) is 5.22. The van der Waals surface area contributed by atoms with Crippen molar-refractivity contribution in [1.29, 1.82) is 0 Å². The molecule has 0 bridgehead atoms. The summed E-state index contributed by atoms with van der Waals surface area (Å²) >= 11 is 0. The average Bonchev–Trinajstić information content (AvgIpc) is 1.86. The largest absolute Gasteiger partial charge is 0.388 e. The molecule has 0 aromatic rings. The molecule has 0 aromatic heterocycles. The molecule has 0 aliphatic heterocycles. The number of rotatable bonds is 3. The van der Waals surface area contributed by atoms with Crippen molar-refractivity contribution in [2.45, 2.75) is 38.5 Å². The highest BCUT2D eigenvalue weighted by Crippen LogP contribution is 2.38. The van der Waals surface area contributed by atoms with Gasteiger partial charge in [-0.1, -0.05) is 11.5 Å². The van der Waals surface area contributed by atoms with Gasteiger partial charge in [-0.2, -0.15) is 0 Å². The molecule has 1 N–H and O–H groups in total. The highest BCUT2D eigenvalue weighted by Gasteiger charge is 2.41. The Labute approximate surface area is 63.4 Å². The zero-order chi connectivity index (χ0) is 8.36. The van der Waals surface area contributed by atoms with Crippen LogP contribution in [-0.2, 0) is 4.57 Å². The first kappa shape index (κ1) is 10.1. The van der Waals surface area contributed by atoms with E-state index in [1.807, 2.05) is 20.8 Å². The van der Waals surface area contributed by atoms with Gasteiger partial charge < -0.3 is 5.11 Å². The van der Waals surface area contributed by atoms with Crippen molar-refractivity contribution >= 4 is 7.80 Å². The first-order chi connectivity index (χ1) is 4.42. The van der Waals surface area contributed by atoms with Crippen LogP contribution >= 0.6 is 7.80 Å². The van der Waals surface area contributed by atoms with E-state index in [9.17, 15) is 9.67 Å². The van der Waals surface area contributed by atoms with Crippen LogP contribution in [0.15, 0.2) is 0 Å². The van der Waals surface area contributed by atoms with Gasteiger partial charge in [-0.25, -0.2) is 0 Å². The first-order valence-electron chi connectivity index (χ1n) is 3.52. The molecule has 10 heavy (non-hydrogen) atoms. The van der Waals surface area contributed by atoms with E-state index in [-0.39, 0.29) is 0 Å². The van der Waals surface area contributed by atoms with Crippen LogP contribution in [0.3, 0.4) is 0 Å². The smallest absolute Gasteiger partial charge is 0.343 e. The predicted octanol–water partition coefficient (Wildman–Crippen LogP) is 1.99. The van der Waals surface area contributed by atoms with E-state index in [1.165, 1.54) is 0 Å². The van der Waals surface area contributed by atoms with E-state index in [4.69, 9.17) is 0 Å². The zero-order valence-corrected chi connectivity index (χ0v) is 7.98. The highest BCUT2D eigenvalue weighted by atomic mass is 31.1. The summed E-state index contributed by atoms with van der Waals surface area (Å²) in [5.41, 5.74) is 0. The van der Waals surface area contributed by atoms with Gasteiger partial charge in [0.05, 0.1) is 0 Å². The fourth-order valence-electron chi connectivity index (χ4n) is 0.709. The van der Waals surface area contributed by atoms with Gasteiger partial charge in [0.15, 0.2) is 5.16 Å². The van der Waals surface area contributed by atoms with Gasteiger partial charge in [0, 0.05) is 0 Å². The topological polar surface area (TPSA) is 37.3 Å². The van der Waals surface area contributed by atoms with Crippen molar-refractivity contribution in [3.8, 4) is 0 Å². The maximum absolute atomic E-state index is 11.1. The molecule has 0 amide bonds. The van der Waals surface area contributed by atoms with Crippen LogP contribution < -0.4 is 0 Å². The Morgan fingerprint density at radius 1 is 1.60 bits per heavy atom. The molecular weight excluding hydrogens is 147 g/mol. The summed E-state index contributed by atoms with van der Waals surface area (Å²) in [6, 6.07) is 0. The molecule has 2 nitrogen and oxygen atoms in total. The minimum atomic E-state index is -1.29. The number of hydrogen-bond donors (Lipinski definition) is 1. The molecule has 0 rings (SSSR count). The monoisotopic (exact) mass is 163 g/mol. The quantitative estimate of drug-likeness (QED) is 0.646. The molecule has 2 atom stereocenters. The van der Waals surface area contributed by atoms with Crippen LogP contribution in [0.2, 0.25) is 0 Å². The summed E-state index contributed by atoms with van der Waals surface area (Å²) in [5, 5.41) is 8.95. The molecular formula is C7H16O2P+. The van der Waals surface area contributed by atoms with E-state index in [0.717, 1.165) is 0 Å². The fourth-order valence-corrected chi connectivity index (χ4v) is 1.31. The molecule has 0 saturated carbocycles. The molecule has 0 aromatic carbocycles. The maximum Gasteiger partial charge on any atom is 0.343 e. The predicted molar refractivity (Wildman–Crippen MR) is 43.9 cm³/mol. The van der Waals surface area contributed by atoms with Crippen molar-refractivity contribution in [2.75, 3.05) is 6.66 Å². The SMILES string of the molecule is CC[C@H](O)C(C)(C)[P+](C)=O. The fraction of sp³-hybridized carbons (Fsp3) is 1.00. The average molecular weight is 163 g/mol. The van der Waals surface area contributed by atoms with Crippen molar-refractivity contribution in [1.82, 2.24) is 0 Å². The van der Waals surface area contributed by atoms with Gasteiger partial charge in [-0.05, 0) is 20.3 Å². The molecule has 0 spiro atoms. The summed E-state index contributed by atoms with van der Waals surface area (Å²) in [6.07, 6.45) is 0.225. The zero-order valence-electron chi connectivity index (χ0n) is 7.09. The van der Waals surface area contributed by atoms with Crippen LogP contribution in [0.4, 0.5) is 0 Å². The summed E-state index contributed by atoms with van der Waals surface area (Å²) in [4.78, 5) is 0. The molecule has 60 valence electrons. The van der Waals surface area contributed by atoms with E-state index in [0.29, 0.717) is 6.42 Å². The summed E-state index contributed by atoms with van der Waals surface area (Å²) in [6.45, 7) is 7.22. The Morgan fingerprint density at radius 3 is 2.10 bits per heavy atom. The second-order valence-corrected chi connectivity index (χ2v) is 5.22. The van der Waals surface area contributed by atoms with Crippen molar-refractivity contribution < 1.29 is 9.67 Å². The Bertz CT molecular complexity index is 132. The van der Waals surface area contributed by atoms with Crippen LogP contribution in [0.1, 0.15) is 27.2 Å². The summed E-state index contributed by atoms with van der Waals surface area (Å²) in [5.74, 6) is 0.